The summed E-state index contributed by atoms with van der Waals surface area (Å²) < 4.78 is 1.74. The first-order chi connectivity index (χ1) is 11.0. The number of carbonyl (C=O) groups is 2. The SMILES string of the molecule is CN(Cc1ccnn1C)C(=O)CCCc1cc(C(=O)O)ccn1. The summed E-state index contributed by atoms with van der Waals surface area (Å²) in [5.74, 6) is -0.929. The quantitative estimate of drug-likeness (QED) is 0.836. The van der Waals surface area contributed by atoms with E-state index >= 15 is 0 Å². The lowest BCUT2D eigenvalue weighted by atomic mass is 10.1. The van der Waals surface area contributed by atoms with Crippen LogP contribution in [0.15, 0.2) is 30.6 Å². The van der Waals surface area contributed by atoms with Gasteiger partial charge in [0.1, 0.15) is 0 Å². The maximum absolute atomic E-state index is 12.1. The van der Waals surface area contributed by atoms with E-state index in [1.165, 1.54) is 12.3 Å². The Bertz CT molecular complexity index is 696. The van der Waals surface area contributed by atoms with Crippen molar-refractivity contribution in [3.63, 3.8) is 0 Å². The van der Waals surface area contributed by atoms with Crippen molar-refractivity contribution in [2.45, 2.75) is 25.8 Å². The van der Waals surface area contributed by atoms with E-state index in [1.54, 1.807) is 28.9 Å². The number of rotatable bonds is 7. The predicted molar refractivity (Wildman–Crippen MR) is 83.8 cm³/mol. The molecule has 2 heterocycles. The van der Waals surface area contributed by atoms with Gasteiger partial charge in [-0.1, -0.05) is 0 Å². The number of hydrogen-bond acceptors (Lipinski definition) is 4. The Kier molecular flexibility index (Phi) is 5.46. The molecular weight excluding hydrogens is 296 g/mol. The molecule has 2 aromatic rings. The minimum Gasteiger partial charge on any atom is -0.478 e. The van der Waals surface area contributed by atoms with Crippen LogP contribution in [0.1, 0.15) is 34.6 Å². The molecule has 0 saturated heterocycles. The molecule has 0 aliphatic heterocycles. The molecule has 0 fully saturated rings. The molecule has 122 valence electrons. The Morgan fingerprint density at radius 2 is 2.09 bits per heavy atom. The van der Waals surface area contributed by atoms with E-state index in [2.05, 4.69) is 10.1 Å². The van der Waals surface area contributed by atoms with Gasteiger partial charge >= 0.3 is 5.97 Å². The molecule has 23 heavy (non-hydrogen) atoms. The number of hydrogen-bond donors (Lipinski definition) is 1. The van der Waals surface area contributed by atoms with Gasteiger partial charge in [0.05, 0.1) is 17.8 Å². The van der Waals surface area contributed by atoms with Crippen LogP contribution < -0.4 is 0 Å². The average Bonchev–Trinajstić information content (AvgIpc) is 2.92. The van der Waals surface area contributed by atoms with E-state index in [-0.39, 0.29) is 11.5 Å². The second-order valence-corrected chi connectivity index (χ2v) is 5.39. The molecule has 0 radical (unpaired) electrons. The molecule has 2 aromatic heterocycles. The van der Waals surface area contributed by atoms with Gasteiger partial charge in [-0.05, 0) is 31.0 Å². The Balaban J connectivity index is 1.81. The first-order valence-corrected chi connectivity index (χ1v) is 7.36. The summed E-state index contributed by atoms with van der Waals surface area (Å²) in [6.07, 6.45) is 4.79. The van der Waals surface area contributed by atoms with Crippen LogP contribution in [0.5, 0.6) is 0 Å². The second kappa shape index (κ2) is 7.53. The number of pyridine rings is 1. The van der Waals surface area contributed by atoms with Crippen molar-refractivity contribution in [3.05, 3.63) is 47.5 Å². The molecule has 7 heteroatoms. The summed E-state index contributed by atoms with van der Waals surface area (Å²) in [5.41, 5.74) is 1.87. The maximum atomic E-state index is 12.1. The van der Waals surface area contributed by atoms with Gasteiger partial charge in [-0.25, -0.2) is 4.79 Å². The zero-order chi connectivity index (χ0) is 16.8. The zero-order valence-electron chi connectivity index (χ0n) is 13.3. The first kappa shape index (κ1) is 16.7. The van der Waals surface area contributed by atoms with Gasteiger partial charge in [-0.3, -0.25) is 14.5 Å². The molecule has 0 saturated carbocycles. The van der Waals surface area contributed by atoms with E-state index in [0.717, 1.165) is 5.69 Å². The standard InChI is InChI=1S/C16H20N4O3/c1-19(11-14-7-9-18-20(14)2)15(21)5-3-4-13-10-12(16(22)23)6-8-17-13/h6-10H,3-5,11H2,1-2H3,(H,22,23). The van der Waals surface area contributed by atoms with Gasteiger partial charge < -0.3 is 10.0 Å². The number of carboxylic acid groups (broad SMARTS) is 1. The average molecular weight is 316 g/mol. The van der Waals surface area contributed by atoms with Gasteiger partial charge in [-0.2, -0.15) is 5.10 Å². The minimum atomic E-state index is -0.972. The van der Waals surface area contributed by atoms with Crippen molar-refractivity contribution < 1.29 is 14.7 Å². The number of carboxylic acids is 1. The van der Waals surface area contributed by atoms with Gasteiger partial charge in [0.15, 0.2) is 0 Å². The molecule has 0 unspecified atom stereocenters. The monoisotopic (exact) mass is 316 g/mol. The van der Waals surface area contributed by atoms with Crippen molar-refractivity contribution in [3.8, 4) is 0 Å². The van der Waals surface area contributed by atoms with Crippen LogP contribution in [0.25, 0.3) is 0 Å². The summed E-state index contributed by atoms with van der Waals surface area (Å²) in [7, 11) is 3.60. The number of nitrogens with zero attached hydrogens (tertiary/aromatic N) is 4. The van der Waals surface area contributed by atoms with Crippen LogP contribution in [-0.4, -0.2) is 43.7 Å². The maximum Gasteiger partial charge on any atom is 0.335 e. The number of aryl methyl sites for hydroxylation is 2. The van der Waals surface area contributed by atoms with Crippen molar-refractivity contribution >= 4 is 11.9 Å². The highest BCUT2D eigenvalue weighted by atomic mass is 16.4. The minimum absolute atomic E-state index is 0.0422. The number of amides is 1. The van der Waals surface area contributed by atoms with E-state index in [1.807, 2.05) is 13.1 Å². The van der Waals surface area contributed by atoms with Gasteiger partial charge in [0.25, 0.3) is 0 Å². The molecule has 0 aromatic carbocycles. The first-order valence-electron chi connectivity index (χ1n) is 7.36. The zero-order valence-corrected chi connectivity index (χ0v) is 13.3. The normalized spacial score (nSPS) is 10.5. The van der Waals surface area contributed by atoms with Crippen LogP contribution in [-0.2, 0) is 24.8 Å². The van der Waals surface area contributed by atoms with Crippen molar-refractivity contribution in [1.82, 2.24) is 19.7 Å². The molecule has 1 amide bonds. The van der Waals surface area contributed by atoms with Crippen LogP contribution in [0.4, 0.5) is 0 Å². The van der Waals surface area contributed by atoms with Gasteiger partial charge in [0.2, 0.25) is 5.91 Å². The fourth-order valence-corrected chi connectivity index (χ4v) is 2.25. The third kappa shape index (κ3) is 4.64. The van der Waals surface area contributed by atoms with Crippen molar-refractivity contribution in [2.75, 3.05) is 7.05 Å². The van der Waals surface area contributed by atoms with Gasteiger partial charge in [0, 0.05) is 38.6 Å². The Labute approximate surface area is 134 Å². The molecule has 7 nitrogen and oxygen atoms in total. The number of aromatic nitrogens is 3. The van der Waals surface area contributed by atoms with Crippen molar-refractivity contribution in [1.29, 1.82) is 0 Å². The number of carbonyl (C=O) groups excluding carboxylic acids is 1. The molecule has 0 aliphatic carbocycles. The van der Waals surface area contributed by atoms with E-state index in [9.17, 15) is 9.59 Å². The molecule has 0 bridgehead atoms. The van der Waals surface area contributed by atoms with Crippen molar-refractivity contribution in [2.24, 2.45) is 7.05 Å². The van der Waals surface area contributed by atoms with Crippen LogP contribution in [0.2, 0.25) is 0 Å². The predicted octanol–water partition coefficient (Wildman–Crippen LogP) is 1.49. The molecule has 2 rings (SSSR count). The lowest BCUT2D eigenvalue weighted by Crippen LogP contribution is -2.27. The van der Waals surface area contributed by atoms with Crippen LogP contribution in [0.3, 0.4) is 0 Å². The number of aromatic carboxylic acids is 1. The third-order valence-electron chi connectivity index (χ3n) is 3.63. The fraction of sp³-hybridized carbons (Fsp3) is 0.375. The van der Waals surface area contributed by atoms with Crippen LogP contribution >= 0.6 is 0 Å². The summed E-state index contributed by atoms with van der Waals surface area (Å²) in [5, 5.41) is 13.0. The molecule has 1 N–H and O–H groups in total. The Hall–Kier alpha value is -2.70. The summed E-state index contributed by atoms with van der Waals surface area (Å²) >= 11 is 0. The lowest BCUT2D eigenvalue weighted by Gasteiger charge is -2.17. The summed E-state index contributed by atoms with van der Waals surface area (Å²) in [4.78, 5) is 28.8. The highest BCUT2D eigenvalue weighted by molar-refractivity contribution is 5.87. The second-order valence-electron chi connectivity index (χ2n) is 5.39. The third-order valence-corrected chi connectivity index (χ3v) is 3.63. The molecular formula is C16H20N4O3. The summed E-state index contributed by atoms with van der Waals surface area (Å²) in [6.45, 7) is 0.516. The highest BCUT2D eigenvalue weighted by Gasteiger charge is 2.11. The van der Waals surface area contributed by atoms with E-state index < -0.39 is 5.97 Å². The van der Waals surface area contributed by atoms with E-state index in [4.69, 9.17) is 5.11 Å². The smallest absolute Gasteiger partial charge is 0.335 e. The molecule has 0 atom stereocenters. The fourth-order valence-electron chi connectivity index (χ4n) is 2.25. The Morgan fingerprint density at radius 3 is 2.74 bits per heavy atom. The molecule has 0 spiro atoms. The largest absolute Gasteiger partial charge is 0.478 e. The van der Waals surface area contributed by atoms with Crippen LogP contribution in [0, 0.1) is 0 Å². The van der Waals surface area contributed by atoms with Gasteiger partial charge in [-0.15, -0.1) is 0 Å². The van der Waals surface area contributed by atoms with E-state index in [0.29, 0.717) is 31.5 Å². The Morgan fingerprint density at radius 1 is 1.30 bits per heavy atom. The lowest BCUT2D eigenvalue weighted by molar-refractivity contribution is -0.130. The highest BCUT2D eigenvalue weighted by Crippen LogP contribution is 2.08. The summed E-state index contributed by atoms with van der Waals surface area (Å²) in [6, 6.07) is 4.88. The molecule has 0 aliphatic rings. The topological polar surface area (TPSA) is 88.3 Å².